The van der Waals surface area contributed by atoms with Gasteiger partial charge in [-0.15, -0.1) is 0 Å². The first-order valence-corrected chi connectivity index (χ1v) is 9.42. The predicted octanol–water partition coefficient (Wildman–Crippen LogP) is 3.81. The van der Waals surface area contributed by atoms with E-state index in [1.165, 1.54) is 11.1 Å². The summed E-state index contributed by atoms with van der Waals surface area (Å²) in [7, 11) is 1.83. The van der Waals surface area contributed by atoms with Crippen LogP contribution < -0.4 is 0 Å². The van der Waals surface area contributed by atoms with Crippen molar-refractivity contribution in [1.82, 2.24) is 19.7 Å². The maximum Gasteiger partial charge on any atom is 0.257 e. The zero-order valence-corrected chi connectivity index (χ0v) is 15.8. The number of carbonyl (C=O) groups is 1. The maximum absolute atomic E-state index is 12.8. The van der Waals surface area contributed by atoms with Crippen LogP contribution in [0.1, 0.15) is 40.5 Å². The third-order valence-electron chi connectivity index (χ3n) is 5.16. The van der Waals surface area contributed by atoms with Gasteiger partial charge in [0.1, 0.15) is 0 Å². The van der Waals surface area contributed by atoms with Crippen LogP contribution in [-0.4, -0.2) is 38.7 Å². The highest BCUT2D eigenvalue weighted by Gasteiger charge is 2.27. The van der Waals surface area contributed by atoms with Gasteiger partial charge in [0.15, 0.2) is 0 Å². The topological polar surface area (TPSA) is 51.0 Å². The fourth-order valence-electron chi connectivity index (χ4n) is 3.82. The van der Waals surface area contributed by atoms with Crippen molar-refractivity contribution in [2.45, 2.75) is 25.7 Å². The quantitative estimate of drug-likeness (QED) is 0.714. The number of hydrogen-bond acceptors (Lipinski definition) is 3. The van der Waals surface area contributed by atoms with Gasteiger partial charge in [-0.05, 0) is 43.0 Å². The number of hydrogen-bond donors (Lipinski definition) is 0. The largest absolute Gasteiger partial charge is 0.338 e. The third-order valence-corrected chi connectivity index (χ3v) is 5.16. The van der Waals surface area contributed by atoms with Crippen molar-refractivity contribution < 1.29 is 4.79 Å². The fraction of sp³-hybridized carbons (Fsp3) is 0.318. The summed E-state index contributed by atoms with van der Waals surface area (Å²) >= 11 is 0. The third kappa shape index (κ3) is 3.77. The van der Waals surface area contributed by atoms with Gasteiger partial charge >= 0.3 is 0 Å². The Morgan fingerprint density at radius 2 is 1.96 bits per heavy atom. The molecule has 1 saturated heterocycles. The highest BCUT2D eigenvalue weighted by molar-refractivity contribution is 5.93. The van der Waals surface area contributed by atoms with Crippen LogP contribution in [0.3, 0.4) is 0 Å². The minimum absolute atomic E-state index is 0.0590. The Morgan fingerprint density at radius 1 is 1.15 bits per heavy atom. The number of piperidine rings is 1. The Kier molecular flexibility index (Phi) is 4.75. The summed E-state index contributed by atoms with van der Waals surface area (Å²) in [5.41, 5.74) is 5.14. The number of rotatable bonds is 3. The molecule has 138 valence electrons. The molecule has 1 atom stereocenters. The van der Waals surface area contributed by atoms with Crippen LogP contribution in [0, 0.1) is 6.92 Å². The summed E-state index contributed by atoms with van der Waals surface area (Å²) in [6.07, 6.45) is 5.48. The average molecular weight is 360 g/mol. The molecule has 1 aromatic carbocycles. The van der Waals surface area contributed by atoms with Gasteiger partial charge in [-0.25, -0.2) is 0 Å². The molecule has 0 bridgehead atoms. The van der Waals surface area contributed by atoms with Crippen molar-refractivity contribution in [1.29, 1.82) is 0 Å². The van der Waals surface area contributed by atoms with Gasteiger partial charge in [0, 0.05) is 43.6 Å². The van der Waals surface area contributed by atoms with Gasteiger partial charge in [-0.3, -0.25) is 14.5 Å². The van der Waals surface area contributed by atoms with Gasteiger partial charge in [0.2, 0.25) is 0 Å². The van der Waals surface area contributed by atoms with Crippen LogP contribution in [-0.2, 0) is 7.05 Å². The molecule has 3 aromatic rings. The molecule has 5 nitrogen and oxygen atoms in total. The molecule has 0 radical (unpaired) electrons. The first kappa shape index (κ1) is 17.5. The fourth-order valence-corrected chi connectivity index (χ4v) is 3.82. The van der Waals surface area contributed by atoms with E-state index in [1.54, 1.807) is 17.1 Å². The number of carbonyl (C=O) groups excluding carboxylic acids is 1. The SMILES string of the molecule is Cc1cc(-c2ccccc2)cc([C@@H]2CCCN(C(=O)c3cnn(C)c3)C2)n1. The van der Waals surface area contributed by atoms with Crippen LogP contribution in [0.5, 0.6) is 0 Å². The van der Waals surface area contributed by atoms with E-state index in [0.717, 1.165) is 30.8 Å². The van der Waals surface area contributed by atoms with Crippen molar-refractivity contribution >= 4 is 5.91 Å². The molecular formula is C22H24N4O. The Morgan fingerprint density at radius 3 is 2.70 bits per heavy atom. The zero-order chi connectivity index (χ0) is 18.8. The minimum atomic E-state index is 0.0590. The highest BCUT2D eigenvalue weighted by Crippen LogP contribution is 2.30. The molecule has 5 heteroatoms. The van der Waals surface area contributed by atoms with Gasteiger partial charge < -0.3 is 4.90 Å². The van der Waals surface area contributed by atoms with Gasteiger partial charge in [0.05, 0.1) is 11.8 Å². The van der Waals surface area contributed by atoms with Gasteiger partial charge in [-0.1, -0.05) is 30.3 Å². The second-order valence-electron chi connectivity index (χ2n) is 7.28. The second-order valence-corrected chi connectivity index (χ2v) is 7.28. The van der Waals surface area contributed by atoms with E-state index >= 15 is 0 Å². The zero-order valence-electron chi connectivity index (χ0n) is 15.8. The van der Waals surface area contributed by atoms with Crippen LogP contribution in [0.2, 0.25) is 0 Å². The average Bonchev–Trinajstić information content (AvgIpc) is 3.14. The Bertz CT molecular complexity index is 948. The summed E-state index contributed by atoms with van der Waals surface area (Å²) in [4.78, 5) is 19.5. The van der Waals surface area contributed by atoms with E-state index in [-0.39, 0.29) is 11.8 Å². The number of pyridine rings is 1. The summed E-state index contributed by atoms with van der Waals surface area (Å²) in [6, 6.07) is 14.7. The summed E-state index contributed by atoms with van der Waals surface area (Å²) < 4.78 is 1.67. The summed E-state index contributed by atoms with van der Waals surface area (Å²) in [5.74, 6) is 0.325. The van der Waals surface area contributed by atoms with Crippen molar-refractivity contribution in [3.63, 3.8) is 0 Å². The van der Waals surface area contributed by atoms with E-state index < -0.39 is 0 Å². The lowest BCUT2D eigenvalue weighted by molar-refractivity contribution is 0.0706. The van der Waals surface area contributed by atoms with Gasteiger partial charge in [-0.2, -0.15) is 5.10 Å². The molecule has 1 aliphatic heterocycles. The van der Waals surface area contributed by atoms with Crippen LogP contribution >= 0.6 is 0 Å². The lowest BCUT2D eigenvalue weighted by atomic mass is 9.92. The number of likely N-dealkylation sites (tertiary alicyclic amines) is 1. The van der Waals surface area contributed by atoms with Crippen molar-refractivity contribution in [3.05, 3.63) is 71.8 Å². The second kappa shape index (κ2) is 7.35. The van der Waals surface area contributed by atoms with E-state index in [9.17, 15) is 4.79 Å². The van der Waals surface area contributed by atoms with Crippen LogP contribution in [0.4, 0.5) is 0 Å². The standard InChI is InChI=1S/C22H24N4O/c1-16-11-19(17-7-4-3-5-8-17)12-21(24-16)18-9-6-10-26(15-18)22(27)20-13-23-25(2)14-20/h3-5,7-8,11-14,18H,6,9-10,15H2,1-2H3/t18-/m1/s1. The van der Waals surface area contributed by atoms with Crippen molar-refractivity contribution in [3.8, 4) is 11.1 Å². The van der Waals surface area contributed by atoms with Gasteiger partial charge in [0.25, 0.3) is 5.91 Å². The predicted molar refractivity (Wildman–Crippen MR) is 105 cm³/mol. The lowest BCUT2D eigenvalue weighted by Gasteiger charge is -2.32. The molecule has 2 aromatic heterocycles. The number of aryl methyl sites for hydroxylation is 2. The first-order valence-electron chi connectivity index (χ1n) is 9.42. The molecule has 1 aliphatic rings. The molecule has 0 aliphatic carbocycles. The summed E-state index contributed by atoms with van der Waals surface area (Å²) in [5, 5.41) is 4.12. The number of aromatic nitrogens is 3. The Labute approximate surface area is 159 Å². The van der Waals surface area contributed by atoms with E-state index in [2.05, 4.69) is 41.5 Å². The number of amides is 1. The Hall–Kier alpha value is -2.95. The van der Waals surface area contributed by atoms with E-state index in [4.69, 9.17) is 4.98 Å². The normalized spacial score (nSPS) is 17.1. The minimum Gasteiger partial charge on any atom is -0.338 e. The molecule has 27 heavy (non-hydrogen) atoms. The molecule has 3 heterocycles. The molecule has 0 saturated carbocycles. The molecule has 1 amide bonds. The van der Waals surface area contributed by atoms with E-state index in [0.29, 0.717) is 12.1 Å². The van der Waals surface area contributed by atoms with Crippen molar-refractivity contribution in [2.24, 2.45) is 7.05 Å². The van der Waals surface area contributed by atoms with E-state index in [1.807, 2.05) is 24.9 Å². The molecule has 4 rings (SSSR count). The molecule has 0 spiro atoms. The first-order chi connectivity index (χ1) is 13.1. The highest BCUT2D eigenvalue weighted by atomic mass is 16.2. The van der Waals surface area contributed by atoms with Crippen molar-refractivity contribution in [2.75, 3.05) is 13.1 Å². The number of nitrogens with zero attached hydrogens (tertiary/aromatic N) is 4. The monoisotopic (exact) mass is 360 g/mol. The van der Waals surface area contributed by atoms with Crippen LogP contribution in [0.15, 0.2) is 54.9 Å². The number of benzene rings is 1. The molecule has 0 unspecified atom stereocenters. The summed E-state index contributed by atoms with van der Waals surface area (Å²) in [6.45, 7) is 3.54. The Balaban J connectivity index is 1.58. The maximum atomic E-state index is 12.8. The molecule has 1 fully saturated rings. The lowest BCUT2D eigenvalue weighted by Crippen LogP contribution is -2.39. The molecular weight excluding hydrogens is 336 g/mol. The van der Waals surface area contributed by atoms with Crippen LogP contribution in [0.25, 0.3) is 11.1 Å². The molecule has 0 N–H and O–H groups in total. The smallest absolute Gasteiger partial charge is 0.257 e.